The zero-order valence-corrected chi connectivity index (χ0v) is 7.60. The molecule has 1 rings (SSSR count). The number of aryl methyl sites for hydroxylation is 1. The summed E-state index contributed by atoms with van der Waals surface area (Å²) in [5, 5.41) is 3.85. The highest BCUT2D eigenvalue weighted by molar-refractivity contribution is 14.1. The van der Waals surface area contributed by atoms with Crippen molar-refractivity contribution in [1.29, 1.82) is 0 Å². The van der Waals surface area contributed by atoms with Crippen LogP contribution in [-0.4, -0.2) is 5.16 Å². The quantitative estimate of drug-likeness (QED) is 0.552. The van der Waals surface area contributed by atoms with Gasteiger partial charge >= 0.3 is 0 Å². The average Bonchev–Trinajstić information content (AvgIpc) is 2.15. The van der Waals surface area contributed by atoms with Gasteiger partial charge in [-0.2, -0.15) is 0 Å². The predicted molar refractivity (Wildman–Crippen MR) is 43.7 cm³/mol. The minimum atomic E-state index is 0.931. The summed E-state index contributed by atoms with van der Waals surface area (Å²) in [4.78, 5) is 0. The molecule has 0 fully saturated rings. The minimum Gasteiger partial charge on any atom is -0.361 e. The Morgan fingerprint density at radius 1 is 1.56 bits per heavy atom. The van der Waals surface area contributed by atoms with Crippen LogP contribution in [-0.2, 0) is 4.43 Å². The first-order valence-corrected chi connectivity index (χ1v) is 4.26. The fourth-order valence-electron chi connectivity index (χ4n) is 0.588. The van der Waals surface area contributed by atoms with Gasteiger partial charge in [0.15, 0.2) is 0 Å². The van der Waals surface area contributed by atoms with Crippen LogP contribution in [0.4, 0.5) is 0 Å². The van der Waals surface area contributed by atoms with Gasteiger partial charge in [-0.15, -0.1) is 0 Å². The van der Waals surface area contributed by atoms with Gasteiger partial charge in [0.25, 0.3) is 0 Å². The summed E-state index contributed by atoms with van der Waals surface area (Å²) < 4.78 is 5.86. The molecule has 9 heavy (non-hydrogen) atoms. The van der Waals surface area contributed by atoms with Crippen molar-refractivity contribution in [3.8, 4) is 0 Å². The first-order chi connectivity index (χ1) is 4.25. The lowest BCUT2D eigenvalue weighted by atomic mass is 10.2. The number of alkyl halides is 1. The van der Waals surface area contributed by atoms with E-state index in [2.05, 4.69) is 27.7 Å². The van der Waals surface area contributed by atoms with E-state index in [0.717, 1.165) is 15.9 Å². The van der Waals surface area contributed by atoms with E-state index in [4.69, 9.17) is 4.52 Å². The molecule has 0 amide bonds. The molecule has 1 heterocycles. The topological polar surface area (TPSA) is 26.0 Å². The largest absolute Gasteiger partial charge is 0.361 e. The summed E-state index contributed by atoms with van der Waals surface area (Å²) in [5.41, 5.74) is 2.25. The Morgan fingerprint density at radius 2 is 2.22 bits per heavy atom. The second-order valence-electron chi connectivity index (χ2n) is 1.94. The van der Waals surface area contributed by atoms with E-state index in [9.17, 15) is 0 Å². The molecule has 0 N–H and O–H groups in total. The Bertz CT molecular complexity index is 207. The maximum Gasteiger partial charge on any atom is 0.136 e. The Kier molecular flexibility index (Phi) is 2.10. The normalized spacial score (nSPS) is 10.1. The monoisotopic (exact) mass is 237 g/mol. The summed E-state index contributed by atoms with van der Waals surface area (Å²) in [6, 6.07) is 0. The van der Waals surface area contributed by atoms with Gasteiger partial charge < -0.3 is 4.52 Å². The van der Waals surface area contributed by atoms with Crippen molar-refractivity contribution < 1.29 is 4.52 Å². The van der Waals surface area contributed by atoms with Crippen LogP contribution in [0.3, 0.4) is 0 Å². The van der Waals surface area contributed by atoms with Crippen LogP contribution in [0.1, 0.15) is 17.0 Å². The smallest absolute Gasteiger partial charge is 0.136 e. The van der Waals surface area contributed by atoms with Crippen LogP contribution in [0.5, 0.6) is 0 Å². The molecule has 2 nitrogen and oxygen atoms in total. The highest BCUT2D eigenvalue weighted by Gasteiger charge is 2.04. The molecule has 0 aliphatic heterocycles. The second kappa shape index (κ2) is 2.68. The molecule has 3 heteroatoms. The summed E-state index contributed by atoms with van der Waals surface area (Å²) in [6.45, 7) is 3.96. The number of rotatable bonds is 1. The average molecular weight is 237 g/mol. The molecule has 0 aliphatic carbocycles. The fraction of sp³-hybridized carbons (Fsp3) is 0.500. The molecule has 0 saturated heterocycles. The van der Waals surface area contributed by atoms with Crippen LogP contribution < -0.4 is 0 Å². The van der Waals surface area contributed by atoms with Gasteiger partial charge in [-0.1, -0.05) is 27.7 Å². The van der Waals surface area contributed by atoms with Crippen molar-refractivity contribution in [2.75, 3.05) is 0 Å². The lowest BCUT2D eigenvalue weighted by Crippen LogP contribution is -1.79. The van der Waals surface area contributed by atoms with E-state index >= 15 is 0 Å². The van der Waals surface area contributed by atoms with Gasteiger partial charge in [0, 0.05) is 9.99 Å². The second-order valence-corrected chi connectivity index (χ2v) is 2.71. The van der Waals surface area contributed by atoms with Gasteiger partial charge in [0.2, 0.25) is 0 Å². The van der Waals surface area contributed by atoms with Crippen LogP contribution >= 0.6 is 22.6 Å². The standard InChI is InChI=1S/C6H8INO/c1-4-5(2)9-8-6(4)3-7/h3H2,1-2H3. The van der Waals surface area contributed by atoms with E-state index in [1.54, 1.807) is 0 Å². The van der Waals surface area contributed by atoms with Crippen molar-refractivity contribution in [3.05, 3.63) is 17.0 Å². The highest BCUT2D eigenvalue weighted by Crippen LogP contribution is 2.13. The first kappa shape index (κ1) is 7.05. The maximum absolute atomic E-state index is 4.93. The highest BCUT2D eigenvalue weighted by atomic mass is 127. The molecule has 0 unspecified atom stereocenters. The van der Waals surface area contributed by atoms with E-state index in [-0.39, 0.29) is 0 Å². The first-order valence-electron chi connectivity index (χ1n) is 2.73. The van der Waals surface area contributed by atoms with E-state index < -0.39 is 0 Å². The Hall–Kier alpha value is -0.0600. The molecule has 0 bridgehead atoms. The molecule has 0 atom stereocenters. The zero-order valence-electron chi connectivity index (χ0n) is 5.44. The lowest BCUT2D eigenvalue weighted by molar-refractivity contribution is 0.392. The van der Waals surface area contributed by atoms with Crippen molar-refractivity contribution in [1.82, 2.24) is 5.16 Å². The zero-order chi connectivity index (χ0) is 6.85. The minimum absolute atomic E-state index is 0.931. The molecule has 0 spiro atoms. The molecule has 0 aliphatic rings. The van der Waals surface area contributed by atoms with Crippen LogP contribution in [0.2, 0.25) is 0 Å². The van der Waals surface area contributed by atoms with Gasteiger partial charge in [-0.3, -0.25) is 0 Å². The van der Waals surface area contributed by atoms with E-state index in [1.807, 2.05) is 13.8 Å². The molecule has 1 aromatic rings. The van der Waals surface area contributed by atoms with E-state index in [0.29, 0.717) is 0 Å². The molecule has 0 aromatic carbocycles. The Balaban J connectivity index is 3.04. The van der Waals surface area contributed by atoms with Gasteiger partial charge in [-0.25, -0.2) is 0 Å². The summed E-state index contributed by atoms with van der Waals surface area (Å²) >= 11 is 2.27. The number of hydrogen-bond acceptors (Lipinski definition) is 2. The molecular formula is C6H8INO. The Morgan fingerprint density at radius 3 is 2.44 bits per heavy atom. The Labute approximate surface area is 67.8 Å². The van der Waals surface area contributed by atoms with Crippen molar-refractivity contribution in [2.24, 2.45) is 0 Å². The molecule has 0 saturated carbocycles. The van der Waals surface area contributed by atoms with Gasteiger partial charge in [0.05, 0.1) is 5.69 Å². The van der Waals surface area contributed by atoms with Crippen molar-refractivity contribution >= 4 is 22.6 Å². The summed E-state index contributed by atoms with van der Waals surface area (Å²) in [5.74, 6) is 0.932. The lowest BCUT2D eigenvalue weighted by Gasteiger charge is -1.84. The van der Waals surface area contributed by atoms with Crippen molar-refractivity contribution in [3.63, 3.8) is 0 Å². The van der Waals surface area contributed by atoms with Crippen LogP contribution in [0.25, 0.3) is 0 Å². The third-order valence-corrected chi connectivity index (χ3v) is 2.10. The fourth-order valence-corrected chi connectivity index (χ4v) is 1.30. The SMILES string of the molecule is Cc1onc(CI)c1C. The predicted octanol–water partition coefficient (Wildman–Crippen LogP) is 2.23. The summed E-state index contributed by atoms with van der Waals surface area (Å²) in [7, 11) is 0. The van der Waals surface area contributed by atoms with Crippen LogP contribution in [0, 0.1) is 13.8 Å². The molecule has 0 radical (unpaired) electrons. The van der Waals surface area contributed by atoms with Gasteiger partial charge in [0.1, 0.15) is 5.76 Å². The third kappa shape index (κ3) is 1.26. The number of hydrogen-bond donors (Lipinski definition) is 0. The molecular weight excluding hydrogens is 229 g/mol. The van der Waals surface area contributed by atoms with E-state index in [1.165, 1.54) is 5.56 Å². The maximum atomic E-state index is 4.93. The van der Waals surface area contributed by atoms with Crippen molar-refractivity contribution in [2.45, 2.75) is 18.3 Å². The summed E-state index contributed by atoms with van der Waals surface area (Å²) in [6.07, 6.45) is 0. The third-order valence-electron chi connectivity index (χ3n) is 1.38. The number of nitrogens with zero attached hydrogens (tertiary/aromatic N) is 1. The van der Waals surface area contributed by atoms with Crippen LogP contribution in [0.15, 0.2) is 4.52 Å². The number of halogens is 1. The molecule has 50 valence electrons. The van der Waals surface area contributed by atoms with Gasteiger partial charge in [-0.05, 0) is 13.8 Å². The number of aromatic nitrogens is 1. The molecule has 1 aromatic heterocycles.